The van der Waals surface area contributed by atoms with Crippen LogP contribution in [0.25, 0.3) is 0 Å². The highest BCUT2D eigenvalue weighted by molar-refractivity contribution is 7.12. The van der Waals surface area contributed by atoms with Crippen LogP contribution in [0, 0.1) is 6.92 Å². The zero-order valence-corrected chi connectivity index (χ0v) is 11.9. The van der Waals surface area contributed by atoms with E-state index in [0.717, 1.165) is 9.75 Å². The summed E-state index contributed by atoms with van der Waals surface area (Å²) in [6, 6.07) is 3.42. The normalized spacial score (nSPS) is 14.3. The Morgan fingerprint density at radius 1 is 1.26 bits per heavy atom. The standard InChI is InChI=1S/C12H20N4O2S/c1-7-3-4-9(19-7)12(8(2)13)16(5-10(14)17)6-11(15)18/h3-4,8,12H,5-6,13H2,1-2H3,(H2,14,17)(H2,15,18). The van der Waals surface area contributed by atoms with Crippen molar-refractivity contribution in [3.8, 4) is 0 Å². The molecule has 0 aliphatic carbocycles. The zero-order chi connectivity index (χ0) is 14.6. The van der Waals surface area contributed by atoms with Crippen LogP contribution in [0.3, 0.4) is 0 Å². The predicted molar refractivity (Wildman–Crippen MR) is 75.4 cm³/mol. The Kier molecular flexibility index (Phi) is 5.46. The first kappa shape index (κ1) is 15.6. The number of nitrogens with zero attached hydrogens (tertiary/aromatic N) is 1. The van der Waals surface area contributed by atoms with Gasteiger partial charge in [0, 0.05) is 15.8 Å². The summed E-state index contributed by atoms with van der Waals surface area (Å²) < 4.78 is 0. The molecule has 0 aliphatic heterocycles. The topological polar surface area (TPSA) is 115 Å². The van der Waals surface area contributed by atoms with E-state index in [0.29, 0.717) is 0 Å². The summed E-state index contributed by atoms with van der Waals surface area (Å²) in [5.41, 5.74) is 16.4. The summed E-state index contributed by atoms with van der Waals surface area (Å²) in [7, 11) is 0. The third-order valence-electron chi connectivity index (χ3n) is 2.66. The molecule has 2 unspecified atom stereocenters. The lowest BCUT2D eigenvalue weighted by Crippen LogP contribution is -2.46. The zero-order valence-electron chi connectivity index (χ0n) is 11.1. The lowest BCUT2D eigenvalue weighted by Gasteiger charge is -2.31. The first-order chi connectivity index (χ1) is 8.81. The first-order valence-electron chi connectivity index (χ1n) is 5.93. The number of aryl methyl sites for hydroxylation is 1. The molecule has 0 bridgehead atoms. The Hall–Kier alpha value is -1.44. The van der Waals surface area contributed by atoms with Crippen molar-refractivity contribution in [1.82, 2.24) is 4.90 Å². The molecule has 1 rings (SSSR count). The Morgan fingerprint density at radius 3 is 2.11 bits per heavy atom. The highest BCUT2D eigenvalue weighted by Crippen LogP contribution is 2.29. The quantitative estimate of drug-likeness (QED) is 0.638. The molecule has 1 heterocycles. The lowest BCUT2D eigenvalue weighted by molar-refractivity contribution is -0.123. The van der Waals surface area contributed by atoms with Crippen molar-refractivity contribution in [2.75, 3.05) is 13.1 Å². The summed E-state index contributed by atoms with van der Waals surface area (Å²) in [5.74, 6) is -1.03. The van der Waals surface area contributed by atoms with Crippen LogP contribution in [0.4, 0.5) is 0 Å². The number of rotatable bonds is 7. The van der Waals surface area contributed by atoms with Crippen molar-refractivity contribution >= 4 is 23.2 Å². The van der Waals surface area contributed by atoms with Gasteiger partial charge >= 0.3 is 0 Å². The molecule has 0 aliphatic rings. The summed E-state index contributed by atoms with van der Waals surface area (Å²) in [6.45, 7) is 3.71. The van der Waals surface area contributed by atoms with Crippen LogP contribution in [0.1, 0.15) is 22.7 Å². The van der Waals surface area contributed by atoms with Gasteiger partial charge in [0.1, 0.15) is 0 Å². The lowest BCUT2D eigenvalue weighted by atomic mass is 10.1. The van der Waals surface area contributed by atoms with E-state index in [1.54, 1.807) is 16.2 Å². The largest absolute Gasteiger partial charge is 0.369 e. The number of amides is 2. The van der Waals surface area contributed by atoms with Crippen molar-refractivity contribution in [1.29, 1.82) is 0 Å². The fourth-order valence-electron chi connectivity index (χ4n) is 2.04. The van der Waals surface area contributed by atoms with Gasteiger partial charge in [-0.3, -0.25) is 14.5 Å². The molecular weight excluding hydrogens is 264 g/mol. The van der Waals surface area contributed by atoms with Crippen molar-refractivity contribution < 1.29 is 9.59 Å². The number of carbonyl (C=O) groups excluding carboxylic acids is 2. The fourth-order valence-corrected chi connectivity index (χ4v) is 3.17. The van der Waals surface area contributed by atoms with Crippen LogP contribution in [-0.2, 0) is 9.59 Å². The average Bonchev–Trinajstić information content (AvgIpc) is 2.62. The molecule has 106 valence electrons. The minimum absolute atomic E-state index is 0.0495. The SMILES string of the molecule is Cc1ccc(C(C(C)N)N(CC(N)=O)CC(N)=O)s1. The van der Waals surface area contributed by atoms with Gasteiger partial charge in [0.25, 0.3) is 0 Å². The molecule has 6 N–H and O–H groups in total. The predicted octanol–water partition coefficient (Wildman–Crippen LogP) is -0.283. The maximum absolute atomic E-state index is 11.1. The van der Waals surface area contributed by atoms with Crippen molar-refractivity contribution in [2.24, 2.45) is 17.2 Å². The van der Waals surface area contributed by atoms with E-state index < -0.39 is 11.8 Å². The summed E-state index contributed by atoms with van der Waals surface area (Å²) in [5, 5.41) is 0. The maximum Gasteiger partial charge on any atom is 0.231 e. The van der Waals surface area contributed by atoms with Crippen molar-refractivity contribution in [2.45, 2.75) is 25.9 Å². The molecule has 0 saturated heterocycles. The molecule has 0 spiro atoms. The smallest absolute Gasteiger partial charge is 0.231 e. The number of carbonyl (C=O) groups is 2. The first-order valence-corrected chi connectivity index (χ1v) is 6.75. The van der Waals surface area contributed by atoms with Crippen LogP contribution in [0.2, 0.25) is 0 Å². The molecule has 19 heavy (non-hydrogen) atoms. The molecule has 0 radical (unpaired) electrons. The number of thiophene rings is 1. The van der Waals surface area contributed by atoms with E-state index in [4.69, 9.17) is 17.2 Å². The van der Waals surface area contributed by atoms with Crippen LogP contribution in [0.5, 0.6) is 0 Å². The van der Waals surface area contributed by atoms with E-state index in [9.17, 15) is 9.59 Å². The minimum Gasteiger partial charge on any atom is -0.369 e. The van der Waals surface area contributed by atoms with Gasteiger partial charge in [0.05, 0.1) is 19.1 Å². The highest BCUT2D eigenvalue weighted by Gasteiger charge is 2.27. The third-order valence-corrected chi connectivity index (χ3v) is 3.73. The van der Waals surface area contributed by atoms with Gasteiger partial charge in [0.15, 0.2) is 0 Å². The summed E-state index contributed by atoms with van der Waals surface area (Å²) >= 11 is 1.58. The number of hydrogen-bond donors (Lipinski definition) is 3. The van der Waals surface area contributed by atoms with E-state index in [1.165, 1.54) is 0 Å². The van der Waals surface area contributed by atoms with Crippen LogP contribution < -0.4 is 17.2 Å². The molecule has 6 nitrogen and oxygen atoms in total. The maximum atomic E-state index is 11.1. The van der Waals surface area contributed by atoms with E-state index in [2.05, 4.69) is 0 Å². The molecule has 1 aromatic rings. The minimum atomic E-state index is -0.514. The van der Waals surface area contributed by atoms with E-state index in [1.807, 2.05) is 26.0 Å². The molecule has 0 fully saturated rings. The van der Waals surface area contributed by atoms with E-state index in [-0.39, 0.29) is 25.2 Å². The number of primary amides is 2. The Morgan fingerprint density at radius 2 is 1.79 bits per heavy atom. The summed E-state index contributed by atoms with van der Waals surface area (Å²) in [6.07, 6.45) is 0. The Balaban J connectivity index is 3.04. The van der Waals surface area contributed by atoms with Gasteiger partial charge in [-0.1, -0.05) is 0 Å². The van der Waals surface area contributed by atoms with Crippen LogP contribution in [0.15, 0.2) is 12.1 Å². The average molecular weight is 284 g/mol. The highest BCUT2D eigenvalue weighted by atomic mass is 32.1. The molecule has 7 heteroatoms. The molecule has 1 aromatic heterocycles. The van der Waals surface area contributed by atoms with Gasteiger partial charge in [-0.15, -0.1) is 11.3 Å². The van der Waals surface area contributed by atoms with Gasteiger partial charge in [-0.05, 0) is 26.0 Å². The summed E-state index contributed by atoms with van der Waals surface area (Å²) in [4.78, 5) is 26.1. The molecule has 0 aromatic carbocycles. The number of nitrogens with two attached hydrogens (primary N) is 3. The monoisotopic (exact) mass is 284 g/mol. The van der Waals surface area contributed by atoms with Gasteiger partial charge in [-0.25, -0.2) is 0 Å². The number of hydrogen-bond acceptors (Lipinski definition) is 5. The van der Waals surface area contributed by atoms with E-state index >= 15 is 0 Å². The molecule has 0 saturated carbocycles. The third kappa shape index (κ3) is 4.62. The van der Waals surface area contributed by atoms with Crippen molar-refractivity contribution in [3.63, 3.8) is 0 Å². The molecule has 2 atom stereocenters. The van der Waals surface area contributed by atoms with Gasteiger partial charge < -0.3 is 17.2 Å². The second-order valence-corrected chi connectivity index (χ2v) is 5.91. The second kappa shape index (κ2) is 6.65. The van der Waals surface area contributed by atoms with Crippen LogP contribution in [-0.4, -0.2) is 35.8 Å². The fraction of sp³-hybridized carbons (Fsp3) is 0.500. The van der Waals surface area contributed by atoms with Gasteiger partial charge in [-0.2, -0.15) is 0 Å². The Labute approximate surface area is 116 Å². The Bertz CT molecular complexity index is 442. The van der Waals surface area contributed by atoms with Crippen molar-refractivity contribution in [3.05, 3.63) is 21.9 Å². The molecule has 2 amide bonds. The van der Waals surface area contributed by atoms with Gasteiger partial charge in [0.2, 0.25) is 11.8 Å². The van der Waals surface area contributed by atoms with Crippen LogP contribution >= 0.6 is 11.3 Å². The molecular formula is C12H20N4O2S. The second-order valence-electron chi connectivity index (χ2n) is 4.59.